The summed E-state index contributed by atoms with van der Waals surface area (Å²) < 4.78 is 0. The molecule has 0 N–H and O–H groups in total. The third-order valence-electron chi connectivity index (χ3n) is 10.2. The predicted octanol–water partition coefficient (Wildman–Crippen LogP) is 13.5. The molecule has 0 amide bonds. The van der Waals surface area contributed by atoms with E-state index in [1.54, 1.807) is 0 Å². The summed E-state index contributed by atoms with van der Waals surface area (Å²) in [5.74, 6) is 0. The first-order valence-corrected chi connectivity index (χ1v) is 16.7. The van der Waals surface area contributed by atoms with Gasteiger partial charge in [-0.2, -0.15) is 0 Å². The second-order valence-electron chi connectivity index (χ2n) is 12.9. The Morgan fingerprint density at radius 2 is 0.729 bits per heavy atom. The fourth-order valence-electron chi connectivity index (χ4n) is 7.88. The topological polar surface area (TPSA) is 0 Å². The summed E-state index contributed by atoms with van der Waals surface area (Å²) in [5.41, 5.74) is 15.3. The van der Waals surface area contributed by atoms with Gasteiger partial charge < -0.3 is 0 Å². The lowest BCUT2D eigenvalue weighted by Crippen LogP contribution is -1.87. The summed E-state index contributed by atoms with van der Waals surface area (Å²) in [6.07, 6.45) is 0. The minimum atomic E-state index is 1.22. The van der Waals surface area contributed by atoms with Crippen LogP contribution in [0.15, 0.2) is 182 Å². The highest BCUT2D eigenvalue weighted by Gasteiger charge is 2.21. The third kappa shape index (κ3) is 4.24. The maximum Gasteiger partial charge on any atom is -0.00259 e. The van der Waals surface area contributed by atoms with E-state index in [1.807, 2.05) is 0 Å². The highest BCUT2D eigenvalue weighted by molar-refractivity contribution is 6.16. The van der Waals surface area contributed by atoms with Crippen LogP contribution < -0.4 is 0 Å². The van der Waals surface area contributed by atoms with E-state index in [4.69, 9.17) is 0 Å². The van der Waals surface area contributed by atoms with Crippen LogP contribution in [0, 0.1) is 0 Å². The zero-order valence-corrected chi connectivity index (χ0v) is 26.3. The normalized spacial score (nSPS) is 11.8. The van der Waals surface area contributed by atoms with Crippen LogP contribution in [0.3, 0.4) is 0 Å². The SMILES string of the molecule is c1ccc(-c2ccc(-c3cccc(-c4ccc5cc(-c6cc7c8c(cccc8c6)-c6ccccc6-7)ccc5c4)c3)c3ccccc23)cc1. The van der Waals surface area contributed by atoms with Crippen LogP contribution in [-0.2, 0) is 0 Å². The van der Waals surface area contributed by atoms with Gasteiger partial charge in [-0.15, -0.1) is 0 Å². The van der Waals surface area contributed by atoms with Crippen molar-refractivity contribution in [3.05, 3.63) is 182 Å². The molecule has 9 aromatic rings. The van der Waals surface area contributed by atoms with E-state index < -0.39 is 0 Å². The van der Waals surface area contributed by atoms with Gasteiger partial charge in [0.1, 0.15) is 0 Å². The van der Waals surface area contributed by atoms with E-state index in [0.29, 0.717) is 0 Å². The van der Waals surface area contributed by atoms with E-state index in [1.165, 1.54) is 99.1 Å². The zero-order valence-electron chi connectivity index (χ0n) is 26.3. The van der Waals surface area contributed by atoms with Gasteiger partial charge in [-0.3, -0.25) is 0 Å². The molecule has 0 saturated heterocycles. The van der Waals surface area contributed by atoms with Crippen molar-refractivity contribution in [3.8, 4) is 66.8 Å². The number of hydrogen-bond acceptors (Lipinski definition) is 0. The molecule has 222 valence electrons. The molecule has 0 nitrogen and oxygen atoms in total. The van der Waals surface area contributed by atoms with Crippen LogP contribution in [0.1, 0.15) is 0 Å². The minimum absolute atomic E-state index is 1.22. The molecule has 0 spiro atoms. The summed E-state index contributed by atoms with van der Waals surface area (Å²) in [4.78, 5) is 0. The molecule has 48 heavy (non-hydrogen) atoms. The molecular weight excluding hydrogens is 577 g/mol. The Morgan fingerprint density at radius 3 is 1.48 bits per heavy atom. The molecule has 0 radical (unpaired) electrons. The quantitative estimate of drug-likeness (QED) is 0.187. The van der Waals surface area contributed by atoms with Crippen molar-refractivity contribution in [3.63, 3.8) is 0 Å². The van der Waals surface area contributed by atoms with Crippen molar-refractivity contribution in [2.75, 3.05) is 0 Å². The van der Waals surface area contributed by atoms with Crippen molar-refractivity contribution in [2.24, 2.45) is 0 Å². The summed E-state index contributed by atoms with van der Waals surface area (Å²) in [7, 11) is 0. The van der Waals surface area contributed by atoms with Gasteiger partial charge in [-0.1, -0.05) is 152 Å². The van der Waals surface area contributed by atoms with Crippen LogP contribution in [0.2, 0.25) is 0 Å². The van der Waals surface area contributed by atoms with Gasteiger partial charge in [-0.25, -0.2) is 0 Å². The molecule has 1 aliphatic rings. The molecular formula is C48H30. The molecule has 0 heteroatoms. The lowest BCUT2D eigenvalue weighted by Gasteiger charge is -2.13. The highest BCUT2D eigenvalue weighted by Crippen LogP contribution is 2.48. The Labute approximate surface area is 280 Å². The maximum absolute atomic E-state index is 2.38. The van der Waals surface area contributed by atoms with E-state index in [-0.39, 0.29) is 0 Å². The zero-order chi connectivity index (χ0) is 31.6. The molecule has 0 bridgehead atoms. The van der Waals surface area contributed by atoms with Gasteiger partial charge in [0.2, 0.25) is 0 Å². The fraction of sp³-hybridized carbons (Fsp3) is 0. The van der Waals surface area contributed by atoms with Crippen LogP contribution in [0.25, 0.3) is 99.1 Å². The molecule has 9 aromatic carbocycles. The molecule has 0 aromatic heterocycles. The first kappa shape index (κ1) is 26.9. The monoisotopic (exact) mass is 606 g/mol. The Balaban J connectivity index is 1.02. The van der Waals surface area contributed by atoms with Gasteiger partial charge in [0.25, 0.3) is 0 Å². The van der Waals surface area contributed by atoms with Crippen LogP contribution in [0.5, 0.6) is 0 Å². The first-order chi connectivity index (χ1) is 23.8. The standard InChI is InChI=1S/C48H30/c1-2-10-31(11-3-1)40-24-25-41(43-16-5-4-15-42(40)43)37-13-8-12-32(28-37)33-20-21-35-27-36(23-22-34(35)26-33)39-29-38-14-9-19-46-44-17-6-7-18-45(44)47(30-39)48(38)46/h1-30H. The second kappa shape index (κ2) is 10.7. The lowest BCUT2D eigenvalue weighted by atomic mass is 9.90. The number of hydrogen-bond donors (Lipinski definition) is 0. The molecule has 0 unspecified atom stereocenters. The summed E-state index contributed by atoms with van der Waals surface area (Å²) in [5, 5.41) is 7.72. The van der Waals surface area contributed by atoms with E-state index >= 15 is 0 Å². The highest BCUT2D eigenvalue weighted by atomic mass is 14.2. The van der Waals surface area contributed by atoms with E-state index in [2.05, 4.69) is 182 Å². The Bertz CT molecular complexity index is 2710. The second-order valence-corrected chi connectivity index (χ2v) is 12.9. The van der Waals surface area contributed by atoms with Crippen molar-refractivity contribution >= 4 is 32.3 Å². The number of benzene rings is 9. The number of rotatable bonds is 4. The van der Waals surface area contributed by atoms with Gasteiger partial charge in [0, 0.05) is 0 Å². The molecule has 0 heterocycles. The van der Waals surface area contributed by atoms with Gasteiger partial charge >= 0.3 is 0 Å². The molecule has 0 saturated carbocycles. The first-order valence-electron chi connectivity index (χ1n) is 16.7. The van der Waals surface area contributed by atoms with Crippen molar-refractivity contribution in [1.29, 1.82) is 0 Å². The molecule has 1 aliphatic carbocycles. The fourth-order valence-corrected chi connectivity index (χ4v) is 7.88. The Hall–Kier alpha value is -6.24. The van der Waals surface area contributed by atoms with Gasteiger partial charge in [-0.05, 0) is 129 Å². The smallest absolute Gasteiger partial charge is 0.00259 e. The molecule has 0 fully saturated rings. The van der Waals surface area contributed by atoms with E-state index in [9.17, 15) is 0 Å². The average molecular weight is 607 g/mol. The third-order valence-corrected chi connectivity index (χ3v) is 10.2. The van der Waals surface area contributed by atoms with Crippen LogP contribution in [-0.4, -0.2) is 0 Å². The Kier molecular flexibility index (Phi) is 5.98. The van der Waals surface area contributed by atoms with E-state index in [0.717, 1.165) is 0 Å². The van der Waals surface area contributed by atoms with Crippen molar-refractivity contribution < 1.29 is 0 Å². The average Bonchev–Trinajstić information content (AvgIpc) is 3.49. The predicted molar refractivity (Wildman–Crippen MR) is 205 cm³/mol. The van der Waals surface area contributed by atoms with Crippen LogP contribution >= 0.6 is 0 Å². The molecule has 0 atom stereocenters. The van der Waals surface area contributed by atoms with Gasteiger partial charge in [0.15, 0.2) is 0 Å². The molecule has 0 aliphatic heterocycles. The minimum Gasteiger partial charge on any atom is -0.0622 e. The summed E-state index contributed by atoms with van der Waals surface area (Å²) in [6.45, 7) is 0. The van der Waals surface area contributed by atoms with Gasteiger partial charge in [0.05, 0.1) is 0 Å². The molecule has 10 rings (SSSR count). The number of fused-ring (bicyclic) bond motifs is 5. The van der Waals surface area contributed by atoms with Crippen molar-refractivity contribution in [1.82, 2.24) is 0 Å². The van der Waals surface area contributed by atoms with Crippen molar-refractivity contribution in [2.45, 2.75) is 0 Å². The maximum atomic E-state index is 2.38. The van der Waals surface area contributed by atoms with Crippen LogP contribution in [0.4, 0.5) is 0 Å². The Morgan fingerprint density at radius 1 is 0.208 bits per heavy atom. The lowest BCUT2D eigenvalue weighted by molar-refractivity contribution is 1.60. The summed E-state index contributed by atoms with van der Waals surface area (Å²) >= 11 is 0. The largest absolute Gasteiger partial charge is 0.0622 e. The summed E-state index contributed by atoms with van der Waals surface area (Å²) in [6, 6.07) is 67.0.